The van der Waals surface area contributed by atoms with E-state index in [1.165, 1.54) is 10.6 Å². The predicted octanol–water partition coefficient (Wildman–Crippen LogP) is 5.71. The van der Waals surface area contributed by atoms with E-state index < -0.39 is 0 Å². The van der Waals surface area contributed by atoms with Crippen molar-refractivity contribution in [1.82, 2.24) is 0 Å². The monoisotopic (exact) mass is 262 g/mol. The lowest BCUT2D eigenvalue weighted by molar-refractivity contribution is 1.21. The Labute approximate surface area is 115 Å². The van der Waals surface area contributed by atoms with E-state index in [1.54, 1.807) is 0 Å². The number of hydrogen-bond donors (Lipinski definition) is 0. The second-order valence-corrected chi connectivity index (χ2v) is 6.47. The molecule has 0 fully saturated rings. The van der Waals surface area contributed by atoms with Gasteiger partial charge in [0.15, 0.2) is 0 Å². The fraction of sp³-hybridized carbons (Fsp3) is 0.412. The third kappa shape index (κ3) is 7.45. The maximum Gasteiger partial charge on any atom is -0.0201 e. The molecule has 0 saturated heterocycles. The van der Waals surface area contributed by atoms with Crippen LogP contribution in [0.1, 0.15) is 40.5 Å². The van der Waals surface area contributed by atoms with E-state index in [9.17, 15) is 0 Å². The van der Waals surface area contributed by atoms with Gasteiger partial charge in [-0.15, -0.1) is 0 Å². The van der Waals surface area contributed by atoms with Gasteiger partial charge in [-0.2, -0.15) is 0 Å². The molecule has 0 aliphatic heterocycles. The zero-order valence-electron chi connectivity index (χ0n) is 12.5. The first-order chi connectivity index (χ1) is 8.67. The van der Waals surface area contributed by atoms with Crippen molar-refractivity contribution in [2.45, 2.75) is 40.5 Å². The van der Waals surface area contributed by atoms with E-state index in [1.807, 2.05) is 6.92 Å². The normalized spacial score (nSPS) is 13.1. The highest BCUT2D eigenvalue weighted by Gasteiger charge is 2.04. The van der Waals surface area contributed by atoms with Gasteiger partial charge in [0.05, 0.1) is 0 Å². The summed E-state index contributed by atoms with van der Waals surface area (Å²) >= 11 is 0. The lowest BCUT2D eigenvalue weighted by Gasteiger charge is -2.12. The molecule has 100 valence electrons. The maximum atomic E-state index is 2.33. The average Bonchev–Trinajstić information content (AvgIpc) is 2.41. The fourth-order valence-electron chi connectivity index (χ4n) is 1.52. The molecule has 1 heteroatoms. The van der Waals surface area contributed by atoms with Crippen molar-refractivity contribution in [2.75, 3.05) is 6.66 Å². The summed E-state index contributed by atoms with van der Waals surface area (Å²) in [7, 11) is -0.0817. The van der Waals surface area contributed by atoms with Crippen LogP contribution in [-0.2, 0) is 0 Å². The van der Waals surface area contributed by atoms with Gasteiger partial charge in [0.25, 0.3) is 0 Å². The SMILES string of the molecule is C/C=C\CC.CC/C=C(\C)P(C)c1ccccc1. The molecule has 0 N–H and O–H groups in total. The molecule has 0 nitrogen and oxygen atoms in total. The van der Waals surface area contributed by atoms with Crippen molar-refractivity contribution in [3.63, 3.8) is 0 Å². The molecule has 18 heavy (non-hydrogen) atoms. The third-order valence-corrected chi connectivity index (χ3v) is 4.96. The van der Waals surface area contributed by atoms with E-state index in [0.717, 1.165) is 12.8 Å². The molecule has 0 amide bonds. The molecular formula is C17H27P. The Morgan fingerprint density at radius 2 is 1.72 bits per heavy atom. The molecule has 0 radical (unpaired) electrons. The zero-order chi connectivity index (χ0) is 13.8. The van der Waals surface area contributed by atoms with Gasteiger partial charge in [0, 0.05) is 0 Å². The Kier molecular flexibility index (Phi) is 10.7. The van der Waals surface area contributed by atoms with Crippen molar-refractivity contribution in [3.8, 4) is 0 Å². The molecule has 1 rings (SSSR count). The highest BCUT2D eigenvalue weighted by Crippen LogP contribution is 2.39. The summed E-state index contributed by atoms with van der Waals surface area (Å²) in [6.07, 6.45) is 8.82. The quantitative estimate of drug-likeness (QED) is 0.481. The van der Waals surface area contributed by atoms with E-state index >= 15 is 0 Å². The van der Waals surface area contributed by atoms with E-state index in [-0.39, 0.29) is 7.92 Å². The third-order valence-electron chi connectivity index (χ3n) is 2.64. The number of benzene rings is 1. The zero-order valence-corrected chi connectivity index (χ0v) is 13.4. The largest absolute Gasteiger partial charge is 0.0917 e. The number of rotatable bonds is 4. The van der Waals surface area contributed by atoms with Crippen LogP contribution >= 0.6 is 7.92 Å². The maximum absolute atomic E-state index is 2.33. The Hall–Kier alpha value is -0.870. The summed E-state index contributed by atoms with van der Waals surface area (Å²) in [4.78, 5) is 0. The molecule has 1 aromatic rings. The fourth-order valence-corrected chi connectivity index (χ4v) is 3.01. The second kappa shape index (κ2) is 11.2. The molecule has 0 aliphatic carbocycles. The number of hydrogen-bond acceptors (Lipinski definition) is 0. The van der Waals surface area contributed by atoms with Crippen LogP contribution in [0.5, 0.6) is 0 Å². The van der Waals surface area contributed by atoms with Gasteiger partial charge in [-0.3, -0.25) is 0 Å². The van der Waals surface area contributed by atoms with E-state index in [0.29, 0.717) is 0 Å². The highest BCUT2D eigenvalue weighted by molar-refractivity contribution is 7.68. The van der Waals surface area contributed by atoms with Crippen molar-refractivity contribution >= 4 is 13.2 Å². The van der Waals surface area contributed by atoms with Gasteiger partial charge in [-0.1, -0.05) is 70.3 Å². The van der Waals surface area contributed by atoms with Gasteiger partial charge in [-0.05, 0) is 44.0 Å². The van der Waals surface area contributed by atoms with Crippen LogP contribution in [0.15, 0.2) is 53.9 Å². The Bertz CT molecular complexity index is 349. The molecule has 0 aliphatic rings. The van der Waals surface area contributed by atoms with Gasteiger partial charge in [-0.25, -0.2) is 0 Å². The summed E-state index contributed by atoms with van der Waals surface area (Å²) in [5, 5.41) is 3.00. The van der Waals surface area contributed by atoms with Crippen molar-refractivity contribution in [1.29, 1.82) is 0 Å². The standard InChI is InChI=1S/C12H17P.C5H10/c1-4-8-11(2)13(3)12-9-6-5-7-10-12;1-3-5-4-2/h5-10H,4H2,1-3H3;3,5H,4H2,1-2H3/b11-8+;5-3-. The summed E-state index contributed by atoms with van der Waals surface area (Å²) in [6.45, 7) is 10.9. The number of allylic oxidation sites excluding steroid dienone is 4. The molecule has 1 aromatic carbocycles. The molecule has 0 aromatic heterocycles. The highest BCUT2D eigenvalue weighted by atomic mass is 31.1. The minimum atomic E-state index is -0.0817. The molecule has 0 heterocycles. The second-order valence-electron chi connectivity index (χ2n) is 4.13. The lowest BCUT2D eigenvalue weighted by atomic mass is 10.4. The van der Waals surface area contributed by atoms with Gasteiger partial charge in [0.1, 0.15) is 0 Å². The van der Waals surface area contributed by atoms with Crippen LogP contribution in [0.4, 0.5) is 0 Å². The van der Waals surface area contributed by atoms with Gasteiger partial charge >= 0.3 is 0 Å². The Balaban J connectivity index is 0.000000494. The smallest absolute Gasteiger partial charge is 0.0201 e. The van der Waals surface area contributed by atoms with Crippen molar-refractivity contribution in [3.05, 3.63) is 53.9 Å². The summed E-state index contributed by atoms with van der Waals surface area (Å²) in [5.74, 6) is 0. The van der Waals surface area contributed by atoms with Crippen LogP contribution in [0.3, 0.4) is 0 Å². The Morgan fingerprint density at radius 3 is 2.11 bits per heavy atom. The van der Waals surface area contributed by atoms with Crippen LogP contribution in [-0.4, -0.2) is 6.66 Å². The van der Waals surface area contributed by atoms with E-state index in [2.05, 4.69) is 76.0 Å². The lowest BCUT2D eigenvalue weighted by Crippen LogP contribution is -1.98. The topological polar surface area (TPSA) is 0 Å². The summed E-state index contributed by atoms with van der Waals surface area (Å²) < 4.78 is 0. The first-order valence-electron chi connectivity index (χ1n) is 6.74. The Morgan fingerprint density at radius 1 is 1.11 bits per heavy atom. The molecule has 1 atom stereocenters. The first-order valence-corrected chi connectivity index (χ1v) is 8.52. The van der Waals surface area contributed by atoms with Gasteiger partial charge < -0.3 is 0 Å². The van der Waals surface area contributed by atoms with Crippen LogP contribution in [0.25, 0.3) is 0 Å². The first kappa shape index (κ1) is 17.1. The minimum absolute atomic E-state index is 0.0817. The molecule has 1 unspecified atom stereocenters. The van der Waals surface area contributed by atoms with Crippen LogP contribution in [0.2, 0.25) is 0 Å². The van der Waals surface area contributed by atoms with Gasteiger partial charge in [0.2, 0.25) is 0 Å². The van der Waals surface area contributed by atoms with Crippen LogP contribution < -0.4 is 5.30 Å². The molecule has 0 saturated carbocycles. The average molecular weight is 262 g/mol. The summed E-state index contributed by atoms with van der Waals surface area (Å²) in [5.41, 5.74) is 0. The van der Waals surface area contributed by atoms with E-state index in [4.69, 9.17) is 0 Å². The van der Waals surface area contributed by atoms with Crippen LogP contribution in [0, 0.1) is 0 Å². The van der Waals surface area contributed by atoms with Crippen molar-refractivity contribution in [2.24, 2.45) is 0 Å². The molecule has 0 bridgehead atoms. The minimum Gasteiger partial charge on any atom is -0.0917 e. The predicted molar refractivity (Wildman–Crippen MR) is 88.1 cm³/mol. The molecular weight excluding hydrogens is 235 g/mol. The summed E-state index contributed by atoms with van der Waals surface area (Å²) in [6, 6.07) is 10.8. The molecule has 0 spiro atoms. The van der Waals surface area contributed by atoms with Crippen molar-refractivity contribution < 1.29 is 0 Å².